The van der Waals surface area contributed by atoms with Crippen LogP contribution in [0.25, 0.3) is 10.8 Å². The van der Waals surface area contributed by atoms with Gasteiger partial charge in [0.2, 0.25) is 0 Å². The van der Waals surface area contributed by atoms with Gasteiger partial charge in [0, 0.05) is 25.0 Å². The summed E-state index contributed by atoms with van der Waals surface area (Å²) < 4.78 is 22.0. The van der Waals surface area contributed by atoms with E-state index in [1.165, 1.54) is 0 Å². The summed E-state index contributed by atoms with van der Waals surface area (Å²) in [5.41, 5.74) is 2.20. The number of benzene rings is 2. The fourth-order valence-corrected chi connectivity index (χ4v) is 2.45. The smallest absolute Gasteiger partial charge is 0.130 e. The van der Waals surface area contributed by atoms with Crippen LogP contribution in [0.15, 0.2) is 24.3 Å². The number of ether oxygens (including phenoxy) is 4. The van der Waals surface area contributed by atoms with Crippen LogP contribution < -0.4 is 9.47 Å². The van der Waals surface area contributed by atoms with Crippen molar-refractivity contribution in [2.45, 2.75) is 13.8 Å². The zero-order valence-corrected chi connectivity index (χ0v) is 13.8. The fourth-order valence-electron chi connectivity index (χ4n) is 2.45. The fraction of sp³-hybridized carbons (Fsp3) is 0.444. The Hall–Kier alpha value is -1.78. The largest absolute Gasteiger partial charge is 0.490 e. The van der Waals surface area contributed by atoms with E-state index in [4.69, 9.17) is 18.9 Å². The Labute approximate surface area is 131 Å². The topological polar surface area (TPSA) is 36.9 Å². The van der Waals surface area contributed by atoms with E-state index in [1.807, 2.05) is 12.1 Å². The molecule has 0 bridgehead atoms. The third-order valence-electron chi connectivity index (χ3n) is 3.73. The summed E-state index contributed by atoms with van der Waals surface area (Å²) in [5, 5.41) is 2.13. The predicted octanol–water partition coefficient (Wildman–Crippen LogP) is 3.51. The van der Waals surface area contributed by atoms with Gasteiger partial charge in [-0.05, 0) is 25.0 Å². The predicted molar refractivity (Wildman–Crippen MR) is 88.2 cm³/mol. The molecule has 0 amide bonds. The Morgan fingerprint density at radius 1 is 0.682 bits per heavy atom. The SMILES string of the molecule is COCCOc1c(C)c(C)c(OCCOC)c2ccccc12. The van der Waals surface area contributed by atoms with Crippen LogP contribution in [0.5, 0.6) is 11.5 Å². The molecule has 0 fully saturated rings. The summed E-state index contributed by atoms with van der Waals surface area (Å²) in [6.45, 7) is 6.33. The molecule has 0 aliphatic heterocycles. The Balaban J connectivity index is 2.44. The maximum Gasteiger partial charge on any atom is 0.130 e. The normalized spacial score (nSPS) is 10.9. The Kier molecular flexibility index (Phi) is 6.04. The van der Waals surface area contributed by atoms with E-state index >= 15 is 0 Å². The number of methoxy groups -OCH3 is 2. The lowest BCUT2D eigenvalue weighted by Gasteiger charge is -2.19. The molecule has 0 spiro atoms. The minimum absolute atomic E-state index is 0.532. The van der Waals surface area contributed by atoms with E-state index in [9.17, 15) is 0 Å². The molecule has 2 rings (SSSR count). The molecule has 0 unspecified atom stereocenters. The first-order valence-electron chi connectivity index (χ1n) is 7.46. The van der Waals surface area contributed by atoms with Crippen molar-refractivity contribution in [3.05, 3.63) is 35.4 Å². The van der Waals surface area contributed by atoms with Crippen molar-refractivity contribution in [1.82, 2.24) is 0 Å². The van der Waals surface area contributed by atoms with E-state index in [0.717, 1.165) is 33.4 Å². The second kappa shape index (κ2) is 8.01. The van der Waals surface area contributed by atoms with Gasteiger partial charge in [0.05, 0.1) is 13.2 Å². The molecule has 120 valence electrons. The average Bonchev–Trinajstić information content (AvgIpc) is 2.54. The minimum Gasteiger partial charge on any atom is -0.490 e. The monoisotopic (exact) mass is 304 g/mol. The zero-order chi connectivity index (χ0) is 15.9. The highest BCUT2D eigenvalue weighted by Gasteiger charge is 2.16. The molecule has 22 heavy (non-hydrogen) atoms. The summed E-state index contributed by atoms with van der Waals surface area (Å²) in [4.78, 5) is 0. The van der Waals surface area contributed by atoms with Crippen LogP contribution in [0, 0.1) is 13.8 Å². The van der Waals surface area contributed by atoms with Gasteiger partial charge in [-0.1, -0.05) is 24.3 Å². The van der Waals surface area contributed by atoms with Gasteiger partial charge in [0.15, 0.2) is 0 Å². The van der Waals surface area contributed by atoms with Crippen LogP contribution in [-0.4, -0.2) is 40.6 Å². The highest BCUT2D eigenvalue weighted by molar-refractivity contribution is 5.95. The van der Waals surface area contributed by atoms with E-state index in [0.29, 0.717) is 26.4 Å². The van der Waals surface area contributed by atoms with Crippen LogP contribution in [-0.2, 0) is 9.47 Å². The molecule has 0 aromatic heterocycles. The minimum atomic E-state index is 0.532. The van der Waals surface area contributed by atoms with Crippen molar-refractivity contribution < 1.29 is 18.9 Å². The lowest BCUT2D eigenvalue weighted by Crippen LogP contribution is -2.09. The summed E-state index contributed by atoms with van der Waals surface area (Å²) >= 11 is 0. The Morgan fingerprint density at radius 3 is 1.45 bits per heavy atom. The lowest BCUT2D eigenvalue weighted by atomic mass is 9.99. The second-order valence-corrected chi connectivity index (χ2v) is 5.14. The molecule has 4 heteroatoms. The molecular weight excluding hydrogens is 280 g/mol. The molecule has 2 aromatic carbocycles. The number of hydrogen-bond acceptors (Lipinski definition) is 4. The van der Waals surface area contributed by atoms with Gasteiger partial charge in [-0.15, -0.1) is 0 Å². The standard InChI is InChI=1S/C18H24O4/c1-13-14(2)18(22-12-10-20-4)16-8-6-5-7-15(16)17(13)21-11-9-19-3/h5-8H,9-12H2,1-4H3. The molecule has 0 atom stereocenters. The third kappa shape index (κ3) is 3.51. The highest BCUT2D eigenvalue weighted by Crippen LogP contribution is 2.40. The van der Waals surface area contributed by atoms with Gasteiger partial charge in [0.1, 0.15) is 24.7 Å². The van der Waals surface area contributed by atoms with E-state index in [1.54, 1.807) is 14.2 Å². The first-order chi connectivity index (χ1) is 10.7. The molecular formula is C18H24O4. The second-order valence-electron chi connectivity index (χ2n) is 5.14. The van der Waals surface area contributed by atoms with Crippen molar-refractivity contribution in [2.24, 2.45) is 0 Å². The quantitative estimate of drug-likeness (QED) is 0.699. The Morgan fingerprint density at radius 2 is 1.09 bits per heavy atom. The highest BCUT2D eigenvalue weighted by atomic mass is 16.5. The van der Waals surface area contributed by atoms with Crippen LogP contribution in [0.3, 0.4) is 0 Å². The molecule has 0 N–H and O–H groups in total. The summed E-state index contributed by atoms with van der Waals surface area (Å²) in [7, 11) is 3.35. The van der Waals surface area contributed by atoms with Gasteiger partial charge >= 0.3 is 0 Å². The van der Waals surface area contributed by atoms with Gasteiger partial charge in [-0.3, -0.25) is 0 Å². The first-order valence-corrected chi connectivity index (χ1v) is 7.46. The summed E-state index contributed by atoms with van der Waals surface area (Å²) in [6.07, 6.45) is 0. The van der Waals surface area contributed by atoms with Gasteiger partial charge in [0.25, 0.3) is 0 Å². The van der Waals surface area contributed by atoms with Crippen molar-refractivity contribution in [3.63, 3.8) is 0 Å². The van der Waals surface area contributed by atoms with E-state index in [2.05, 4.69) is 26.0 Å². The molecule has 0 aliphatic carbocycles. The number of hydrogen-bond donors (Lipinski definition) is 0. The summed E-state index contributed by atoms with van der Waals surface area (Å²) in [6, 6.07) is 8.15. The molecule has 0 radical (unpaired) electrons. The molecule has 0 saturated carbocycles. The first kappa shape index (κ1) is 16.6. The average molecular weight is 304 g/mol. The molecule has 0 heterocycles. The van der Waals surface area contributed by atoms with Crippen molar-refractivity contribution in [2.75, 3.05) is 40.6 Å². The molecule has 0 saturated heterocycles. The number of rotatable bonds is 8. The van der Waals surface area contributed by atoms with E-state index in [-0.39, 0.29) is 0 Å². The van der Waals surface area contributed by atoms with E-state index < -0.39 is 0 Å². The maximum atomic E-state index is 5.95. The van der Waals surface area contributed by atoms with Crippen molar-refractivity contribution >= 4 is 10.8 Å². The van der Waals surface area contributed by atoms with Gasteiger partial charge in [-0.25, -0.2) is 0 Å². The number of fused-ring (bicyclic) bond motifs is 1. The van der Waals surface area contributed by atoms with Crippen LogP contribution >= 0.6 is 0 Å². The van der Waals surface area contributed by atoms with Crippen LogP contribution in [0.4, 0.5) is 0 Å². The van der Waals surface area contributed by atoms with Gasteiger partial charge < -0.3 is 18.9 Å². The van der Waals surface area contributed by atoms with Crippen molar-refractivity contribution in [3.8, 4) is 11.5 Å². The van der Waals surface area contributed by atoms with Crippen LogP contribution in [0.2, 0.25) is 0 Å². The lowest BCUT2D eigenvalue weighted by molar-refractivity contribution is 0.145. The summed E-state index contributed by atoms with van der Waals surface area (Å²) in [5.74, 6) is 1.81. The van der Waals surface area contributed by atoms with Crippen LogP contribution in [0.1, 0.15) is 11.1 Å². The zero-order valence-electron chi connectivity index (χ0n) is 13.8. The van der Waals surface area contributed by atoms with Gasteiger partial charge in [-0.2, -0.15) is 0 Å². The molecule has 2 aromatic rings. The third-order valence-corrected chi connectivity index (χ3v) is 3.73. The molecule has 4 nitrogen and oxygen atoms in total. The maximum absolute atomic E-state index is 5.95. The Bertz CT molecular complexity index is 568. The molecule has 0 aliphatic rings. The van der Waals surface area contributed by atoms with Crippen molar-refractivity contribution in [1.29, 1.82) is 0 Å².